The summed E-state index contributed by atoms with van der Waals surface area (Å²) in [4.78, 5) is 11.7. The van der Waals surface area contributed by atoms with Gasteiger partial charge in [0.1, 0.15) is 17.0 Å². The highest BCUT2D eigenvalue weighted by Gasteiger charge is 2.17. The van der Waals surface area contributed by atoms with E-state index in [2.05, 4.69) is 40.3 Å². The summed E-state index contributed by atoms with van der Waals surface area (Å²) >= 11 is 5.17. The normalized spacial score (nSPS) is 12.3. The molecule has 0 atom stereocenters. The van der Waals surface area contributed by atoms with Crippen LogP contribution in [0, 0.1) is 11.6 Å². The second-order valence-electron chi connectivity index (χ2n) is 4.61. The molecule has 0 fully saturated rings. The van der Waals surface area contributed by atoms with Crippen LogP contribution in [0.25, 0.3) is 11.2 Å². The van der Waals surface area contributed by atoms with Gasteiger partial charge >= 0.3 is 0 Å². The highest BCUT2D eigenvalue weighted by molar-refractivity contribution is 7.71. The van der Waals surface area contributed by atoms with Crippen LogP contribution in [-0.2, 0) is 5.54 Å². The van der Waals surface area contributed by atoms with Gasteiger partial charge in [-0.1, -0.05) is 12.2 Å². The van der Waals surface area contributed by atoms with Crippen molar-refractivity contribution in [3.05, 3.63) is 16.8 Å². The first-order valence-electron chi connectivity index (χ1n) is 4.84. The Morgan fingerprint density at radius 3 is 2.67 bits per heavy atom. The molecule has 0 aliphatic carbocycles. The highest BCUT2D eigenvalue weighted by atomic mass is 32.1. The summed E-state index contributed by atoms with van der Waals surface area (Å²) in [6, 6.07) is 0. The fraction of sp³-hybridized carbons (Fsp3) is 0.500. The van der Waals surface area contributed by atoms with Crippen molar-refractivity contribution in [1.29, 1.82) is 0 Å². The van der Waals surface area contributed by atoms with Crippen LogP contribution >= 0.6 is 12.2 Å². The van der Waals surface area contributed by atoms with Crippen LogP contribution < -0.4 is 0 Å². The molecule has 0 saturated heterocycles. The van der Waals surface area contributed by atoms with E-state index in [1.165, 1.54) is 0 Å². The SMILES string of the molecule is Cc1nc(=S)c2ncn(C(C)(C)C)c2[nH]1. The van der Waals surface area contributed by atoms with Crippen LogP contribution in [0.2, 0.25) is 0 Å². The van der Waals surface area contributed by atoms with Gasteiger partial charge in [-0.15, -0.1) is 0 Å². The molecule has 80 valence electrons. The molecule has 2 rings (SSSR count). The minimum atomic E-state index is -0.0131. The maximum atomic E-state index is 5.17. The molecule has 0 spiro atoms. The Labute approximate surface area is 93.4 Å². The van der Waals surface area contributed by atoms with E-state index >= 15 is 0 Å². The van der Waals surface area contributed by atoms with E-state index in [1.54, 1.807) is 6.33 Å². The molecule has 4 nitrogen and oxygen atoms in total. The van der Waals surface area contributed by atoms with Crippen molar-refractivity contribution in [3.63, 3.8) is 0 Å². The molecule has 0 aliphatic rings. The van der Waals surface area contributed by atoms with Gasteiger partial charge in [-0.05, 0) is 27.7 Å². The number of aryl methyl sites for hydroxylation is 1. The highest BCUT2D eigenvalue weighted by Crippen LogP contribution is 2.20. The summed E-state index contributed by atoms with van der Waals surface area (Å²) in [5.74, 6) is 0.818. The first kappa shape index (κ1) is 10.3. The Balaban J connectivity index is 2.86. The van der Waals surface area contributed by atoms with E-state index in [4.69, 9.17) is 12.2 Å². The Morgan fingerprint density at radius 1 is 1.40 bits per heavy atom. The number of fused-ring (bicyclic) bond motifs is 1. The Hall–Kier alpha value is -1.23. The largest absolute Gasteiger partial charge is 0.328 e. The number of nitrogens with one attached hydrogen (secondary N) is 1. The number of hydrogen-bond acceptors (Lipinski definition) is 3. The molecular weight excluding hydrogens is 208 g/mol. The lowest BCUT2D eigenvalue weighted by Crippen LogP contribution is -2.21. The molecule has 2 aromatic rings. The summed E-state index contributed by atoms with van der Waals surface area (Å²) in [7, 11) is 0. The molecule has 0 aromatic carbocycles. The maximum absolute atomic E-state index is 5.17. The number of imidazole rings is 1. The van der Waals surface area contributed by atoms with Gasteiger partial charge in [-0.3, -0.25) is 0 Å². The smallest absolute Gasteiger partial charge is 0.157 e. The summed E-state index contributed by atoms with van der Waals surface area (Å²) in [5, 5.41) is 0. The first-order valence-corrected chi connectivity index (χ1v) is 5.25. The van der Waals surface area contributed by atoms with Gasteiger partial charge in [-0.25, -0.2) is 9.97 Å². The molecule has 0 saturated carbocycles. The van der Waals surface area contributed by atoms with E-state index in [0.717, 1.165) is 17.0 Å². The third kappa shape index (κ3) is 1.67. The molecule has 2 heterocycles. The third-order valence-electron chi connectivity index (χ3n) is 2.26. The zero-order valence-corrected chi connectivity index (χ0v) is 10.1. The van der Waals surface area contributed by atoms with Crippen LogP contribution in [-0.4, -0.2) is 19.5 Å². The van der Waals surface area contributed by atoms with Crippen molar-refractivity contribution >= 4 is 23.4 Å². The Kier molecular flexibility index (Phi) is 2.15. The molecule has 1 N–H and O–H groups in total. The standard InChI is InChI=1S/C10H14N4S/c1-6-12-8-7(9(15)13-6)11-5-14(8)10(2,3)4/h5H,1-4H3,(H,12,13,15). The van der Waals surface area contributed by atoms with E-state index < -0.39 is 0 Å². The third-order valence-corrected chi connectivity index (χ3v) is 2.55. The zero-order chi connectivity index (χ0) is 11.2. The molecule has 5 heteroatoms. The van der Waals surface area contributed by atoms with Crippen molar-refractivity contribution in [1.82, 2.24) is 19.5 Å². The lowest BCUT2D eigenvalue weighted by molar-refractivity contribution is 0.406. The average molecular weight is 222 g/mol. The van der Waals surface area contributed by atoms with Crippen molar-refractivity contribution in [2.24, 2.45) is 0 Å². The molecule has 0 unspecified atom stereocenters. The lowest BCUT2D eigenvalue weighted by atomic mass is 10.1. The predicted molar refractivity (Wildman–Crippen MR) is 62.4 cm³/mol. The van der Waals surface area contributed by atoms with Gasteiger partial charge in [-0.2, -0.15) is 0 Å². The number of aromatic amines is 1. The minimum absolute atomic E-state index is 0.0131. The average Bonchev–Trinajstić information content (AvgIpc) is 2.45. The summed E-state index contributed by atoms with van der Waals surface area (Å²) < 4.78 is 2.64. The second kappa shape index (κ2) is 3.13. The minimum Gasteiger partial charge on any atom is -0.328 e. The fourth-order valence-electron chi connectivity index (χ4n) is 1.54. The maximum Gasteiger partial charge on any atom is 0.157 e. The summed E-state index contributed by atoms with van der Waals surface area (Å²) in [6.07, 6.45) is 1.80. The van der Waals surface area contributed by atoms with E-state index in [9.17, 15) is 0 Å². The molecule has 2 aromatic heterocycles. The van der Waals surface area contributed by atoms with Crippen LogP contribution in [0.15, 0.2) is 6.33 Å². The monoisotopic (exact) mass is 222 g/mol. The van der Waals surface area contributed by atoms with Crippen LogP contribution in [0.1, 0.15) is 26.6 Å². The Bertz CT molecular complexity index is 559. The van der Waals surface area contributed by atoms with E-state index in [0.29, 0.717) is 4.64 Å². The molecule has 0 amide bonds. The topological polar surface area (TPSA) is 46.5 Å². The van der Waals surface area contributed by atoms with Crippen molar-refractivity contribution < 1.29 is 0 Å². The van der Waals surface area contributed by atoms with Gasteiger partial charge < -0.3 is 9.55 Å². The summed E-state index contributed by atoms with van der Waals surface area (Å²) in [5.41, 5.74) is 1.70. The molecule has 0 bridgehead atoms. The molecular formula is C10H14N4S. The number of rotatable bonds is 0. The van der Waals surface area contributed by atoms with E-state index in [-0.39, 0.29) is 5.54 Å². The van der Waals surface area contributed by atoms with Crippen LogP contribution in [0.5, 0.6) is 0 Å². The van der Waals surface area contributed by atoms with Gasteiger partial charge in [0, 0.05) is 5.54 Å². The molecule has 15 heavy (non-hydrogen) atoms. The number of nitrogens with zero attached hydrogens (tertiary/aromatic N) is 3. The zero-order valence-electron chi connectivity index (χ0n) is 9.33. The Morgan fingerprint density at radius 2 is 2.07 bits per heavy atom. The second-order valence-corrected chi connectivity index (χ2v) is 5.00. The fourth-order valence-corrected chi connectivity index (χ4v) is 1.82. The predicted octanol–water partition coefficient (Wildman–Crippen LogP) is 2.55. The van der Waals surface area contributed by atoms with E-state index in [1.807, 2.05) is 6.92 Å². The molecule has 0 aliphatic heterocycles. The van der Waals surface area contributed by atoms with Crippen molar-refractivity contribution in [3.8, 4) is 0 Å². The number of hydrogen-bond donors (Lipinski definition) is 1. The molecule has 0 radical (unpaired) electrons. The van der Waals surface area contributed by atoms with Gasteiger partial charge in [0.25, 0.3) is 0 Å². The quantitative estimate of drug-likeness (QED) is 0.697. The van der Waals surface area contributed by atoms with Crippen LogP contribution in [0.3, 0.4) is 0 Å². The number of H-pyrrole nitrogens is 1. The summed E-state index contributed by atoms with van der Waals surface area (Å²) in [6.45, 7) is 8.28. The lowest BCUT2D eigenvalue weighted by Gasteiger charge is -2.21. The van der Waals surface area contributed by atoms with Gasteiger partial charge in [0.15, 0.2) is 4.64 Å². The van der Waals surface area contributed by atoms with Crippen molar-refractivity contribution in [2.45, 2.75) is 33.2 Å². The van der Waals surface area contributed by atoms with Gasteiger partial charge in [0.05, 0.1) is 6.33 Å². The van der Waals surface area contributed by atoms with Gasteiger partial charge in [0.2, 0.25) is 0 Å². The van der Waals surface area contributed by atoms with Crippen molar-refractivity contribution in [2.75, 3.05) is 0 Å². The first-order chi connectivity index (χ1) is 6.89. The van der Waals surface area contributed by atoms with Crippen LogP contribution in [0.4, 0.5) is 0 Å². The number of aromatic nitrogens is 4.